The lowest BCUT2D eigenvalue weighted by atomic mass is 10.6. The largest absolute Gasteiger partial charge is 0.481 e. The summed E-state index contributed by atoms with van der Waals surface area (Å²) in [6, 6.07) is 0. The second-order valence-electron chi connectivity index (χ2n) is 2.54. The zero-order valence-corrected chi connectivity index (χ0v) is 10.7. The highest BCUT2D eigenvalue weighted by Gasteiger charge is 1.94. The van der Waals surface area contributed by atoms with Crippen molar-refractivity contribution in [2.45, 2.75) is 13.8 Å². The van der Waals surface area contributed by atoms with Crippen LogP contribution < -0.4 is 0 Å². The molecule has 0 aromatic carbocycles. The van der Waals surface area contributed by atoms with Crippen molar-refractivity contribution in [3.63, 3.8) is 0 Å². The van der Waals surface area contributed by atoms with Crippen molar-refractivity contribution in [3.05, 3.63) is 24.9 Å². The maximum atomic E-state index is 7.05. The van der Waals surface area contributed by atoms with Gasteiger partial charge in [0.05, 0.1) is 11.7 Å². The normalized spacial score (nSPS) is 11.7. The fourth-order valence-electron chi connectivity index (χ4n) is 0.586. The molecule has 0 spiro atoms. The van der Waals surface area contributed by atoms with E-state index in [1.807, 2.05) is 6.92 Å². The lowest BCUT2D eigenvalue weighted by molar-refractivity contribution is 0.325. The van der Waals surface area contributed by atoms with Crippen LogP contribution in [0, 0.1) is 5.41 Å². The van der Waals surface area contributed by atoms with E-state index in [-0.39, 0.29) is 5.90 Å². The van der Waals surface area contributed by atoms with Crippen molar-refractivity contribution in [2.75, 3.05) is 12.4 Å². The molecule has 0 saturated heterocycles. The van der Waals surface area contributed by atoms with Crippen LogP contribution in [0.5, 0.6) is 0 Å². The first kappa shape index (κ1) is 14.3. The van der Waals surface area contributed by atoms with E-state index in [1.54, 1.807) is 46.9 Å². The van der Waals surface area contributed by atoms with Gasteiger partial charge in [0.2, 0.25) is 0 Å². The van der Waals surface area contributed by atoms with Crippen molar-refractivity contribution >= 4 is 32.5 Å². The van der Waals surface area contributed by atoms with Gasteiger partial charge in [-0.1, -0.05) is 23.4 Å². The van der Waals surface area contributed by atoms with E-state index >= 15 is 0 Å². The smallest absolute Gasteiger partial charge is 0.177 e. The van der Waals surface area contributed by atoms with Gasteiger partial charge < -0.3 is 4.74 Å². The lowest BCUT2D eigenvalue weighted by Gasteiger charge is -2.02. The molecule has 3 nitrogen and oxygen atoms in total. The molecule has 1 N–H and O–H groups in total. The monoisotopic (exact) mass is 244 g/mol. The molecule has 0 atom stereocenters. The third-order valence-corrected chi connectivity index (χ3v) is 3.52. The number of hydrogen-bond acceptors (Lipinski definition) is 5. The van der Waals surface area contributed by atoms with Crippen LogP contribution >= 0.6 is 21.6 Å². The van der Waals surface area contributed by atoms with Crippen molar-refractivity contribution in [1.29, 1.82) is 5.41 Å². The number of rotatable bonds is 6. The van der Waals surface area contributed by atoms with Gasteiger partial charge >= 0.3 is 0 Å². The summed E-state index contributed by atoms with van der Waals surface area (Å²) in [4.78, 5) is 4.17. The molecule has 0 rings (SSSR count). The Labute approximate surface area is 99.0 Å². The summed E-state index contributed by atoms with van der Waals surface area (Å²) in [6.07, 6.45) is 5.19. The summed E-state index contributed by atoms with van der Waals surface area (Å²) in [6.45, 7) is 7.71. The fraction of sp³-hybridized carbons (Fsp3) is 0.400. The van der Waals surface area contributed by atoms with E-state index in [1.165, 1.54) is 0 Å². The first-order valence-corrected chi connectivity index (χ1v) is 6.78. The molecule has 0 fully saturated rings. The maximum Gasteiger partial charge on any atom is 0.177 e. The van der Waals surface area contributed by atoms with Crippen LogP contribution in [0.4, 0.5) is 0 Å². The Hall–Kier alpha value is -0.680. The molecule has 84 valence electrons. The second kappa shape index (κ2) is 9.86. The predicted octanol–water partition coefficient (Wildman–Crippen LogP) is 3.50. The molecular formula is C10H16N2OS2. The Balaban J connectivity index is 3.50. The zero-order valence-electron chi connectivity index (χ0n) is 9.03. The second-order valence-corrected chi connectivity index (χ2v) is 5.14. The summed E-state index contributed by atoms with van der Waals surface area (Å²) >= 11 is 0. The van der Waals surface area contributed by atoms with Crippen molar-refractivity contribution in [3.8, 4) is 0 Å². The van der Waals surface area contributed by atoms with E-state index in [2.05, 4.69) is 11.6 Å². The highest BCUT2D eigenvalue weighted by molar-refractivity contribution is 8.82. The molecule has 0 aliphatic rings. The fourth-order valence-corrected chi connectivity index (χ4v) is 2.19. The van der Waals surface area contributed by atoms with Crippen LogP contribution in [-0.4, -0.2) is 23.3 Å². The molecule has 0 amide bonds. The molecule has 0 unspecified atom stereocenters. The molecule has 5 heteroatoms. The molecule has 0 saturated carbocycles. The average molecular weight is 244 g/mol. The minimum Gasteiger partial charge on any atom is -0.481 e. The third kappa shape index (κ3) is 11.2. The molecule has 0 aliphatic heterocycles. The van der Waals surface area contributed by atoms with Gasteiger partial charge in [0.1, 0.15) is 0 Å². The van der Waals surface area contributed by atoms with E-state index in [0.29, 0.717) is 6.61 Å². The summed E-state index contributed by atoms with van der Waals surface area (Å²) in [5.41, 5.74) is 0. The Morgan fingerprint density at radius 2 is 2.27 bits per heavy atom. The Kier molecular flexibility index (Phi) is 9.41. The minimum absolute atomic E-state index is 0.264. The third-order valence-electron chi connectivity index (χ3n) is 1.14. The van der Waals surface area contributed by atoms with Gasteiger partial charge in [-0.25, -0.2) is 0 Å². The average Bonchev–Trinajstić information content (AvgIpc) is 2.17. The van der Waals surface area contributed by atoms with Gasteiger partial charge in [-0.3, -0.25) is 10.4 Å². The highest BCUT2D eigenvalue weighted by atomic mass is 33.1. The summed E-state index contributed by atoms with van der Waals surface area (Å²) in [7, 11) is 3.28. The molecule has 0 aromatic heterocycles. The SMILES string of the molecule is C=CC=CN=C(C)SSCCOC(C)=N. The lowest BCUT2D eigenvalue weighted by Crippen LogP contribution is -2.01. The van der Waals surface area contributed by atoms with Gasteiger partial charge in [-0.15, -0.1) is 0 Å². The first-order chi connectivity index (χ1) is 7.16. The van der Waals surface area contributed by atoms with Crippen LogP contribution in [0.25, 0.3) is 0 Å². The zero-order chi connectivity index (χ0) is 11.5. The summed E-state index contributed by atoms with van der Waals surface area (Å²) in [5, 5.41) is 8.04. The first-order valence-electron chi connectivity index (χ1n) is 4.46. The number of hydrogen-bond donors (Lipinski definition) is 1. The van der Waals surface area contributed by atoms with E-state index in [0.717, 1.165) is 10.8 Å². The van der Waals surface area contributed by atoms with Crippen LogP contribution in [0.3, 0.4) is 0 Å². The van der Waals surface area contributed by atoms with Gasteiger partial charge in [-0.05, 0) is 23.8 Å². The maximum absolute atomic E-state index is 7.05. The Bertz CT molecular complexity index is 262. The van der Waals surface area contributed by atoms with Gasteiger partial charge in [0.15, 0.2) is 5.90 Å². The topological polar surface area (TPSA) is 45.4 Å². The minimum atomic E-state index is 0.264. The quantitative estimate of drug-likeness (QED) is 0.256. The summed E-state index contributed by atoms with van der Waals surface area (Å²) in [5.74, 6) is 1.11. The number of allylic oxidation sites excluding steroid dienone is 2. The molecule has 0 bridgehead atoms. The molecule has 0 heterocycles. The number of nitrogens with zero attached hydrogens (tertiary/aromatic N) is 1. The van der Waals surface area contributed by atoms with E-state index < -0.39 is 0 Å². The van der Waals surface area contributed by atoms with Crippen molar-refractivity contribution < 1.29 is 4.74 Å². The predicted molar refractivity (Wildman–Crippen MR) is 71.8 cm³/mol. The van der Waals surface area contributed by atoms with Gasteiger partial charge in [0.25, 0.3) is 0 Å². The highest BCUT2D eigenvalue weighted by Crippen LogP contribution is 2.22. The van der Waals surface area contributed by atoms with Crippen LogP contribution in [-0.2, 0) is 4.74 Å². The van der Waals surface area contributed by atoms with Crippen LogP contribution in [0.15, 0.2) is 29.9 Å². The molecule has 0 aromatic rings. The number of aliphatic imine (C=N–C) groups is 1. The van der Waals surface area contributed by atoms with Crippen molar-refractivity contribution in [2.24, 2.45) is 4.99 Å². The Morgan fingerprint density at radius 3 is 2.87 bits per heavy atom. The van der Waals surface area contributed by atoms with Crippen LogP contribution in [0.2, 0.25) is 0 Å². The molecule has 15 heavy (non-hydrogen) atoms. The molecular weight excluding hydrogens is 228 g/mol. The number of ether oxygens (including phenoxy) is 1. The summed E-state index contributed by atoms with van der Waals surface area (Å²) < 4.78 is 5.00. The molecule has 0 radical (unpaired) electrons. The van der Waals surface area contributed by atoms with E-state index in [9.17, 15) is 0 Å². The molecule has 0 aliphatic carbocycles. The van der Waals surface area contributed by atoms with Gasteiger partial charge in [-0.2, -0.15) is 0 Å². The van der Waals surface area contributed by atoms with Crippen molar-refractivity contribution in [1.82, 2.24) is 0 Å². The van der Waals surface area contributed by atoms with Gasteiger partial charge in [0, 0.05) is 18.9 Å². The number of nitrogens with one attached hydrogen (secondary N) is 1. The standard InChI is InChI=1S/C10H16N2OS2/c1-4-5-6-12-10(3)15-14-8-7-13-9(2)11/h4-6,11H,1,7-8H2,2-3H3. The van der Waals surface area contributed by atoms with E-state index in [4.69, 9.17) is 10.1 Å². The Morgan fingerprint density at radius 1 is 1.53 bits per heavy atom. The van der Waals surface area contributed by atoms with Crippen LogP contribution in [0.1, 0.15) is 13.8 Å².